The van der Waals surface area contributed by atoms with E-state index in [1.165, 1.54) is 11.1 Å². The molecule has 2 aromatic carbocycles. The van der Waals surface area contributed by atoms with Crippen molar-refractivity contribution < 1.29 is 14.3 Å². The fraction of sp³-hybridized carbons (Fsp3) is 0.458. The van der Waals surface area contributed by atoms with Crippen LogP contribution in [-0.4, -0.2) is 63.8 Å². The van der Waals surface area contributed by atoms with Crippen LogP contribution in [0.25, 0.3) is 0 Å². The quantitative estimate of drug-likeness (QED) is 0.795. The predicted octanol–water partition coefficient (Wildman–Crippen LogP) is 2.50. The Bertz CT molecular complexity index is 878. The van der Waals surface area contributed by atoms with Crippen molar-refractivity contribution in [1.29, 1.82) is 0 Å². The van der Waals surface area contributed by atoms with Crippen molar-refractivity contribution in [3.05, 3.63) is 53.6 Å². The third-order valence-corrected chi connectivity index (χ3v) is 6.17. The first-order valence-electron chi connectivity index (χ1n) is 10.7. The molecule has 4 rings (SSSR count). The number of carbonyl (C=O) groups is 1. The molecule has 1 atom stereocenters. The summed E-state index contributed by atoms with van der Waals surface area (Å²) in [6.45, 7) is 3.99. The second-order valence-corrected chi connectivity index (χ2v) is 8.08. The van der Waals surface area contributed by atoms with Crippen molar-refractivity contribution >= 4 is 11.6 Å². The second-order valence-electron chi connectivity index (χ2n) is 8.08. The van der Waals surface area contributed by atoms with Gasteiger partial charge in [0.15, 0.2) is 0 Å². The van der Waals surface area contributed by atoms with E-state index in [-0.39, 0.29) is 11.9 Å². The molecular weight excluding hydrogens is 378 g/mol. The van der Waals surface area contributed by atoms with Crippen LogP contribution in [-0.2, 0) is 17.6 Å². The highest BCUT2D eigenvalue weighted by atomic mass is 16.5. The SMILES string of the molecule is COc1ccc2c(c1)CC(NC(=O)CN1CCN(c3ccccc3OC)CC1)CC2. The van der Waals surface area contributed by atoms with Gasteiger partial charge in [-0.1, -0.05) is 18.2 Å². The van der Waals surface area contributed by atoms with E-state index < -0.39 is 0 Å². The first-order chi connectivity index (χ1) is 14.7. The average molecular weight is 410 g/mol. The molecule has 1 N–H and O–H groups in total. The van der Waals surface area contributed by atoms with Crippen molar-refractivity contribution in [3.63, 3.8) is 0 Å². The zero-order valence-corrected chi connectivity index (χ0v) is 17.9. The normalized spacial score (nSPS) is 19.1. The lowest BCUT2D eigenvalue weighted by Crippen LogP contribution is -2.51. The van der Waals surface area contributed by atoms with Gasteiger partial charge in [0.25, 0.3) is 0 Å². The Balaban J connectivity index is 1.26. The highest BCUT2D eigenvalue weighted by molar-refractivity contribution is 5.78. The summed E-state index contributed by atoms with van der Waals surface area (Å²) in [5, 5.41) is 3.25. The molecule has 0 saturated carbocycles. The van der Waals surface area contributed by atoms with Gasteiger partial charge >= 0.3 is 0 Å². The predicted molar refractivity (Wildman–Crippen MR) is 119 cm³/mol. The third kappa shape index (κ3) is 4.70. The summed E-state index contributed by atoms with van der Waals surface area (Å²) >= 11 is 0. The molecule has 30 heavy (non-hydrogen) atoms. The minimum absolute atomic E-state index is 0.122. The van der Waals surface area contributed by atoms with Crippen LogP contribution in [0.1, 0.15) is 17.5 Å². The maximum Gasteiger partial charge on any atom is 0.234 e. The van der Waals surface area contributed by atoms with Gasteiger partial charge in [-0.2, -0.15) is 0 Å². The van der Waals surface area contributed by atoms with E-state index in [9.17, 15) is 4.79 Å². The molecule has 2 aromatic rings. The monoisotopic (exact) mass is 409 g/mol. The number of ether oxygens (including phenoxy) is 2. The summed E-state index contributed by atoms with van der Waals surface area (Å²) in [6, 6.07) is 14.6. The Morgan fingerprint density at radius 3 is 2.60 bits per heavy atom. The minimum atomic E-state index is 0.122. The smallest absolute Gasteiger partial charge is 0.234 e. The number of methoxy groups -OCH3 is 2. The van der Waals surface area contributed by atoms with Gasteiger partial charge in [0.2, 0.25) is 5.91 Å². The first kappa shape index (κ1) is 20.5. The number of fused-ring (bicyclic) bond motifs is 1. The largest absolute Gasteiger partial charge is 0.497 e. The Hall–Kier alpha value is -2.73. The maximum absolute atomic E-state index is 12.7. The van der Waals surface area contributed by atoms with Crippen molar-refractivity contribution in [2.45, 2.75) is 25.3 Å². The van der Waals surface area contributed by atoms with E-state index in [0.29, 0.717) is 6.54 Å². The molecule has 1 fully saturated rings. The number of hydrogen-bond acceptors (Lipinski definition) is 5. The molecule has 6 nitrogen and oxygen atoms in total. The van der Waals surface area contributed by atoms with E-state index in [1.807, 2.05) is 24.3 Å². The van der Waals surface area contributed by atoms with E-state index >= 15 is 0 Å². The molecule has 160 valence electrons. The highest BCUT2D eigenvalue weighted by Crippen LogP contribution is 2.28. The van der Waals surface area contributed by atoms with Crippen LogP contribution in [0.4, 0.5) is 5.69 Å². The number of para-hydroxylation sites is 2. The summed E-state index contributed by atoms with van der Waals surface area (Å²) in [6.07, 6.45) is 2.87. The van der Waals surface area contributed by atoms with Crippen molar-refractivity contribution in [1.82, 2.24) is 10.2 Å². The van der Waals surface area contributed by atoms with E-state index in [2.05, 4.69) is 33.3 Å². The number of nitrogens with zero attached hydrogens (tertiary/aromatic N) is 2. The van der Waals surface area contributed by atoms with Crippen LogP contribution in [0.2, 0.25) is 0 Å². The number of benzene rings is 2. The lowest BCUT2D eigenvalue weighted by atomic mass is 9.88. The molecule has 1 unspecified atom stereocenters. The zero-order chi connectivity index (χ0) is 20.9. The molecule has 1 aliphatic heterocycles. The van der Waals surface area contributed by atoms with E-state index in [0.717, 1.165) is 62.6 Å². The van der Waals surface area contributed by atoms with Gasteiger partial charge in [0.1, 0.15) is 11.5 Å². The van der Waals surface area contributed by atoms with Gasteiger partial charge < -0.3 is 19.7 Å². The Morgan fingerprint density at radius 2 is 1.83 bits per heavy atom. The maximum atomic E-state index is 12.7. The van der Waals surface area contributed by atoms with Gasteiger partial charge in [-0.3, -0.25) is 9.69 Å². The fourth-order valence-corrected chi connectivity index (χ4v) is 4.50. The molecule has 1 amide bonds. The lowest BCUT2D eigenvalue weighted by Gasteiger charge is -2.36. The van der Waals surface area contributed by atoms with Gasteiger partial charge in [0, 0.05) is 32.2 Å². The molecule has 1 saturated heterocycles. The van der Waals surface area contributed by atoms with Crippen molar-refractivity contribution in [3.8, 4) is 11.5 Å². The zero-order valence-electron chi connectivity index (χ0n) is 17.9. The molecule has 2 aliphatic rings. The van der Waals surface area contributed by atoms with E-state index in [4.69, 9.17) is 9.47 Å². The molecule has 0 bridgehead atoms. The number of piperazine rings is 1. The number of nitrogens with one attached hydrogen (secondary N) is 1. The molecule has 6 heteroatoms. The number of hydrogen-bond donors (Lipinski definition) is 1. The van der Waals surface area contributed by atoms with Gasteiger partial charge in [-0.15, -0.1) is 0 Å². The average Bonchev–Trinajstić information content (AvgIpc) is 2.79. The summed E-state index contributed by atoms with van der Waals surface area (Å²) < 4.78 is 10.8. The number of amides is 1. The molecule has 0 aromatic heterocycles. The fourth-order valence-electron chi connectivity index (χ4n) is 4.50. The Labute approximate surface area is 178 Å². The van der Waals surface area contributed by atoms with Crippen LogP contribution in [0.5, 0.6) is 11.5 Å². The van der Waals surface area contributed by atoms with Crippen molar-refractivity contribution in [2.24, 2.45) is 0 Å². The summed E-state index contributed by atoms with van der Waals surface area (Å²) in [5.74, 6) is 1.91. The van der Waals surface area contributed by atoms with Crippen LogP contribution < -0.4 is 19.7 Å². The minimum Gasteiger partial charge on any atom is -0.497 e. The summed E-state index contributed by atoms with van der Waals surface area (Å²) in [7, 11) is 3.40. The molecule has 0 spiro atoms. The highest BCUT2D eigenvalue weighted by Gasteiger charge is 2.24. The Kier molecular flexibility index (Phi) is 6.43. The van der Waals surface area contributed by atoms with Crippen LogP contribution in [0.15, 0.2) is 42.5 Å². The number of rotatable bonds is 6. The molecule has 1 aliphatic carbocycles. The third-order valence-electron chi connectivity index (χ3n) is 6.17. The summed E-state index contributed by atoms with van der Waals surface area (Å²) in [5.41, 5.74) is 3.78. The first-order valence-corrected chi connectivity index (χ1v) is 10.7. The van der Waals surface area contributed by atoms with Gasteiger partial charge in [-0.25, -0.2) is 0 Å². The van der Waals surface area contributed by atoms with Gasteiger partial charge in [0.05, 0.1) is 26.5 Å². The number of carbonyl (C=O) groups excluding carboxylic acids is 1. The van der Waals surface area contributed by atoms with Crippen molar-refractivity contribution in [2.75, 3.05) is 51.8 Å². The van der Waals surface area contributed by atoms with E-state index in [1.54, 1.807) is 14.2 Å². The molecule has 0 radical (unpaired) electrons. The molecule has 1 heterocycles. The summed E-state index contributed by atoms with van der Waals surface area (Å²) in [4.78, 5) is 17.2. The van der Waals surface area contributed by atoms with Gasteiger partial charge in [-0.05, 0) is 54.7 Å². The number of aryl methyl sites for hydroxylation is 1. The standard InChI is InChI=1S/C24H31N3O3/c1-29-21-10-8-18-7-9-20(15-19(18)16-21)25-24(28)17-26-11-13-27(14-12-26)22-5-3-4-6-23(22)30-2/h3-6,8,10,16,20H,7,9,11-15,17H2,1-2H3,(H,25,28). The van der Waals surface area contributed by atoms with Crippen LogP contribution in [0.3, 0.4) is 0 Å². The van der Waals surface area contributed by atoms with Crippen LogP contribution >= 0.6 is 0 Å². The topological polar surface area (TPSA) is 54.0 Å². The number of anilines is 1. The Morgan fingerprint density at radius 1 is 1.03 bits per heavy atom. The second kappa shape index (κ2) is 9.39. The lowest BCUT2D eigenvalue weighted by molar-refractivity contribution is -0.123. The van der Waals surface area contributed by atoms with Crippen LogP contribution in [0, 0.1) is 0 Å². The molecular formula is C24H31N3O3.